The van der Waals surface area contributed by atoms with Gasteiger partial charge in [0.25, 0.3) is 0 Å². The number of rotatable bonds is 6. The smallest absolute Gasteiger partial charge is 0.161 e. The summed E-state index contributed by atoms with van der Waals surface area (Å²) in [7, 11) is 0. The second-order valence-corrected chi connectivity index (χ2v) is 7.39. The summed E-state index contributed by atoms with van der Waals surface area (Å²) in [6, 6.07) is 12.2. The molecule has 27 heavy (non-hydrogen) atoms. The molecule has 1 aliphatic carbocycles. The van der Waals surface area contributed by atoms with Crippen LogP contribution in [-0.2, 0) is 0 Å². The summed E-state index contributed by atoms with van der Waals surface area (Å²) in [5.74, 6) is 2.68. The zero-order valence-electron chi connectivity index (χ0n) is 15.6. The van der Waals surface area contributed by atoms with Gasteiger partial charge in [0.1, 0.15) is 5.82 Å². The maximum atomic E-state index is 5.80. The third-order valence-corrected chi connectivity index (χ3v) is 5.26. The molecule has 3 aromatic rings. The topological polar surface area (TPSA) is 59.2 Å². The minimum Gasteiger partial charge on any atom is -0.490 e. The largest absolute Gasteiger partial charge is 0.490 e. The number of anilines is 2. The monoisotopic (exact) mass is 427 g/mol. The number of benzene rings is 2. The average molecular weight is 428 g/mol. The molecule has 1 heterocycles. The highest BCUT2D eigenvalue weighted by Crippen LogP contribution is 2.50. The van der Waals surface area contributed by atoms with E-state index >= 15 is 0 Å². The van der Waals surface area contributed by atoms with E-state index in [1.165, 1.54) is 11.1 Å². The van der Waals surface area contributed by atoms with Crippen molar-refractivity contribution in [1.82, 2.24) is 10.2 Å². The lowest BCUT2D eigenvalue weighted by Gasteiger charge is -2.15. The van der Waals surface area contributed by atoms with Gasteiger partial charge in [-0.2, -0.15) is 5.10 Å². The molecule has 0 radical (unpaired) electrons. The van der Waals surface area contributed by atoms with Crippen LogP contribution in [0.4, 0.5) is 11.5 Å². The summed E-state index contributed by atoms with van der Waals surface area (Å²) >= 11 is 3.52. The fraction of sp³-hybridized carbons (Fsp3) is 0.286. The number of hydrogen-bond donors (Lipinski definition) is 2. The number of nitrogens with one attached hydrogen (secondary N) is 2. The third kappa shape index (κ3) is 3.18. The Morgan fingerprint density at radius 2 is 1.85 bits per heavy atom. The van der Waals surface area contributed by atoms with Gasteiger partial charge in [-0.3, -0.25) is 5.10 Å². The quantitative estimate of drug-likeness (QED) is 0.518. The molecule has 2 N–H and O–H groups in total. The first kappa shape index (κ1) is 17.9. The number of aromatic nitrogens is 2. The van der Waals surface area contributed by atoms with Crippen LogP contribution in [0.5, 0.6) is 11.5 Å². The van der Waals surface area contributed by atoms with Gasteiger partial charge < -0.3 is 14.8 Å². The highest BCUT2D eigenvalue weighted by molar-refractivity contribution is 9.10. The molecule has 1 aromatic heterocycles. The van der Waals surface area contributed by atoms with Crippen LogP contribution in [0, 0.1) is 0 Å². The molecule has 4 rings (SSSR count). The van der Waals surface area contributed by atoms with Gasteiger partial charge in [0.05, 0.1) is 18.9 Å². The van der Waals surface area contributed by atoms with Crippen LogP contribution in [0.2, 0.25) is 0 Å². The average Bonchev–Trinajstić information content (AvgIpc) is 3.16. The van der Waals surface area contributed by atoms with E-state index in [-0.39, 0.29) is 5.92 Å². The summed E-state index contributed by atoms with van der Waals surface area (Å²) in [6.07, 6.45) is 0. The van der Waals surface area contributed by atoms with Crippen LogP contribution in [0.1, 0.15) is 37.8 Å². The van der Waals surface area contributed by atoms with Gasteiger partial charge in [-0.1, -0.05) is 28.9 Å². The van der Waals surface area contributed by atoms with Crippen molar-refractivity contribution in [3.63, 3.8) is 0 Å². The van der Waals surface area contributed by atoms with Crippen molar-refractivity contribution in [2.75, 3.05) is 18.5 Å². The normalized spacial score (nSPS) is 14.6. The van der Waals surface area contributed by atoms with Crippen molar-refractivity contribution < 1.29 is 9.47 Å². The minimum absolute atomic E-state index is 0.207. The van der Waals surface area contributed by atoms with Gasteiger partial charge in [0.2, 0.25) is 0 Å². The Kier molecular flexibility index (Phi) is 4.83. The summed E-state index contributed by atoms with van der Waals surface area (Å²) in [4.78, 5) is 0. The highest BCUT2D eigenvalue weighted by Gasteiger charge is 2.33. The first-order valence-electron chi connectivity index (χ1n) is 9.17. The molecule has 0 aliphatic heterocycles. The Hall–Kier alpha value is -2.47. The predicted molar refractivity (Wildman–Crippen MR) is 111 cm³/mol. The fourth-order valence-corrected chi connectivity index (χ4v) is 4.01. The summed E-state index contributed by atoms with van der Waals surface area (Å²) in [5, 5.41) is 11.2. The summed E-state index contributed by atoms with van der Waals surface area (Å²) < 4.78 is 12.6. The molecule has 0 saturated heterocycles. The first-order valence-corrected chi connectivity index (χ1v) is 9.96. The van der Waals surface area contributed by atoms with Crippen LogP contribution in [0.25, 0.3) is 11.3 Å². The molecule has 2 aromatic carbocycles. The number of ether oxygens (including phenoxy) is 2. The van der Waals surface area contributed by atoms with E-state index in [9.17, 15) is 0 Å². The molecule has 0 saturated carbocycles. The van der Waals surface area contributed by atoms with E-state index < -0.39 is 0 Å². The lowest BCUT2D eigenvalue weighted by molar-refractivity contribution is 0.287. The second-order valence-electron chi connectivity index (χ2n) is 6.47. The lowest BCUT2D eigenvalue weighted by atomic mass is 9.99. The van der Waals surface area contributed by atoms with Crippen molar-refractivity contribution in [2.45, 2.75) is 26.7 Å². The van der Waals surface area contributed by atoms with Gasteiger partial charge in [-0.25, -0.2) is 0 Å². The van der Waals surface area contributed by atoms with Crippen molar-refractivity contribution in [3.8, 4) is 22.8 Å². The van der Waals surface area contributed by atoms with Crippen molar-refractivity contribution in [1.29, 1.82) is 0 Å². The van der Waals surface area contributed by atoms with Crippen LogP contribution >= 0.6 is 15.9 Å². The Morgan fingerprint density at radius 3 is 2.56 bits per heavy atom. The Morgan fingerprint density at radius 1 is 1.11 bits per heavy atom. The minimum atomic E-state index is 0.207. The third-order valence-electron chi connectivity index (χ3n) is 4.77. The van der Waals surface area contributed by atoms with E-state index in [0.29, 0.717) is 13.2 Å². The molecule has 0 bridgehead atoms. The molecule has 0 fully saturated rings. The molecule has 6 heteroatoms. The number of nitrogens with zero attached hydrogens (tertiary/aromatic N) is 1. The Labute approximate surface area is 167 Å². The van der Waals surface area contributed by atoms with Gasteiger partial charge in [-0.15, -0.1) is 0 Å². The standard InChI is InChI=1S/C21H22BrN3O2/c1-4-26-17-10-15-12(3)19-20(16(15)11-18(17)27-5-2)24-25-21(19)23-14-8-6-7-13(22)9-14/h6-12H,4-5H2,1-3H3,(H2,23,24,25). The van der Waals surface area contributed by atoms with Crippen molar-refractivity contribution >= 4 is 27.4 Å². The van der Waals surface area contributed by atoms with Crippen LogP contribution in [0.3, 0.4) is 0 Å². The molecule has 1 unspecified atom stereocenters. The Bertz CT molecular complexity index is 984. The zero-order valence-corrected chi connectivity index (χ0v) is 17.2. The number of halogens is 1. The van der Waals surface area contributed by atoms with E-state index in [2.05, 4.69) is 50.5 Å². The van der Waals surface area contributed by atoms with Gasteiger partial charge in [-0.05, 0) is 49.7 Å². The molecule has 1 atom stereocenters. The number of hydrogen-bond acceptors (Lipinski definition) is 4. The molecular weight excluding hydrogens is 406 g/mol. The number of H-pyrrole nitrogens is 1. The summed E-state index contributed by atoms with van der Waals surface area (Å²) in [6.45, 7) is 7.36. The molecule has 0 amide bonds. The molecular formula is C21H22BrN3O2. The van der Waals surface area contributed by atoms with E-state index in [0.717, 1.165) is 38.7 Å². The van der Waals surface area contributed by atoms with E-state index in [1.807, 2.05) is 38.1 Å². The molecule has 140 valence electrons. The number of fused-ring (bicyclic) bond motifs is 3. The lowest BCUT2D eigenvalue weighted by Crippen LogP contribution is -2.01. The second kappa shape index (κ2) is 7.27. The van der Waals surface area contributed by atoms with E-state index in [1.54, 1.807) is 0 Å². The van der Waals surface area contributed by atoms with E-state index in [4.69, 9.17) is 9.47 Å². The zero-order chi connectivity index (χ0) is 19.0. The predicted octanol–water partition coefficient (Wildman–Crippen LogP) is 5.85. The maximum Gasteiger partial charge on any atom is 0.161 e. The van der Waals surface area contributed by atoms with Crippen molar-refractivity contribution in [3.05, 3.63) is 52.0 Å². The number of aromatic amines is 1. The maximum absolute atomic E-state index is 5.80. The molecule has 1 aliphatic rings. The SMILES string of the molecule is CCOc1cc2c(cc1OCC)C(C)c1c-2n[nH]c1Nc1cccc(Br)c1. The van der Waals surface area contributed by atoms with Crippen LogP contribution in [0.15, 0.2) is 40.9 Å². The van der Waals surface area contributed by atoms with Crippen molar-refractivity contribution in [2.24, 2.45) is 0 Å². The van der Waals surface area contributed by atoms with Gasteiger partial charge in [0.15, 0.2) is 11.5 Å². The molecule has 5 nitrogen and oxygen atoms in total. The van der Waals surface area contributed by atoms with Crippen LogP contribution in [-0.4, -0.2) is 23.4 Å². The fourth-order valence-electron chi connectivity index (χ4n) is 3.61. The summed E-state index contributed by atoms with van der Waals surface area (Å²) in [5.41, 5.74) is 5.46. The first-order chi connectivity index (χ1) is 13.1. The Balaban J connectivity index is 1.74. The van der Waals surface area contributed by atoms with Crippen LogP contribution < -0.4 is 14.8 Å². The highest BCUT2D eigenvalue weighted by atomic mass is 79.9. The van der Waals surface area contributed by atoms with Gasteiger partial charge in [0, 0.05) is 27.2 Å². The molecule has 0 spiro atoms. The van der Waals surface area contributed by atoms with Gasteiger partial charge >= 0.3 is 0 Å².